The van der Waals surface area contributed by atoms with E-state index in [0.717, 1.165) is 18.5 Å². The van der Waals surface area contributed by atoms with Crippen molar-refractivity contribution in [3.63, 3.8) is 0 Å². The maximum atomic E-state index is 10.8. The monoisotopic (exact) mass is 205 g/mol. The molecule has 0 aliphatic rings. The summed E-state index contributed by atoms with van der Waals surface area (Å²) in [5.74, 6) is 0. The highest BCUT2D eigenvalue weighted by Gasteiger charge is 2.13. The van der Waals surface area contributed by atoms with Gasteiger partial charge in [-0.3, -0.25) is 14.8 Å². The summed E-state index contributed by atoms with van der Waals surface area (Å²) in [4.78, 5) is 10.4. The predicted octanol–water partition coefficient (Wildman–Crippen LogP) is 2.35. The molecule has 0 radical (unpaired) electrons. The predicted molar refractivity (Wildman–Crippen MR) is 56.7 cm³/mol. The molecule has 0 spiro atoms. The number of nitrogens with zero attached hydrogens (tertiary/aromatic N) is 3. The summed E-state index contributed by atoms with van der Waals surface area (Å²) in [5, 5.41) is 15.5. The molecule has 0 N–H and O–H groups in total. The zero-order chi connectivity index (χ0) is 10.8. The Balaban J connectivity index is 2.63. The van der Waals surface area contributed by atoms with E-state index >= 15 is 0 Å². The molecule has 78 valence electrons. The highest BCUT2D eigenvalue weighted by molar-refractivity contribution is 5.87. The first-order chi connectivity index (χ1) is 7.24. The van der Waals surface area contributed by atoms with Crippen LogP contribution in [0.3, 0.4) is 0 Å². The molecule has 0 bridgehead atoms. The number of non-ortho nitro benzene ring substituents is 1. The molecule has 5 heteroatoms. The lowest BCUT2D eigenvalue weighted by Gasteiger charge is -1.99. The molecule has 0 unspecified atom stereocenters. The molecule has 0 amide bonds. The maximum absolute atomic E-state index is 10.8. The van der Waals surface area contributed by atoms with Crippen molar-refractivity contribution in [1.82, 2.24) is 9.78 Å². The molecular formula is C10H11N3O2. The Hall–Kier alpha value is -1.91. The minimum absolute atomic E-state index is 0.120. The second-order valence-corrected chi connectivity index (χ2v) is 3.33. The smallest absolute Gasteiger partial charge is 0.265 e. The average Bonchev–Trinajstić information content (AvgIpc) is 2.62. The van der Waals surface area contributed by atoms with Crippen molar-refractivity contribution in [2.45, 2.75) is 19.9 Å². The number of fused-ring (bicyclic) bond motifs is 1. The molecule has 2 aromatic rings. The van der Waals surface area contributed by atoms with Gasteiger partial charge in [0.1, 0.15) is 0 Å². The molecule has 1 heterocycles. The van der Waals surface area contributed by atoms with Crippen molar-refractivity contribution in [1.29, 1.82) is 0 Å². The van der Waals surface area contributed by atoms with Crippen LogP contribution in [0.4, 0.5) is 5.69 Å². The normalized spacial score (nSPS) is 10.7. The third-order valence-corrected chi connectivity index (χ3v) is 2.30. The first-order valence-electron chi connectivity index (χ1n) is 4.83. The third-order valence-electron chi connectivity index (χ3n) is 2.30. The van der Waals surface area contributed by atoms with E-state index < -0.39 is 0 Å². The van der Waals surface area contributed by atoms with Gasteiger partial charge in [0, 0.05) is 12.6 Å². The topological polar surface area (TPSA) is 61.0 Å². The summed E-state index contributed by atoms with van der Waals surface area (Å²) in [5.41, 5.74) is 0.945. The van der Waals surface area contributed by atoms with Gasteiger partial charge in [-0.25, -0.2) is 0 Å². The van der Waals surface area contributed by atoms with Gasteiger partial charge in [-0.1, -0.05) is 13.0 Å². The largest absolute Gasteiger partial charge is 0.280 e. The van der Waals surface area contributed by atoms with E-state index in [1.165, 1.54) is 6.07 Å². The first kappa shape index (κ1) is 9.64. The molecule has 15 heavy (non-hydrogen) atoms. The van der Waals surface area contributed by atoms with Gasteiger partial charge in [0.25, 0.3) is 5.69 Å². The summed E-state index contributed by atoms with van der Waals surface area (Å²) < 4.78 is 1.79. The number of benzene rings is 1. The van der Waals surface area contributed by atoms with E-state index in [9.17, 15) is 10.1 Å². The summed E-state index contributed by atoms with van der Waals surface area (Å²) in [6.07, 6.45) is 2.52. The molecule has 0 saturated heterocycles. The zero-order valence-corrected chi connectivity index (χ0v) is 8.38. The van der Waals surface area contributed by atoms with Crippen molar-refractivity contribution in [3.05, 3.63) is 34.5 Å². The number of aryl methyl sites for hydroxylation is 1. The summed E-state index contributed by atoms with van der Waals surface area (Å²) in [6.45, 7) is 2.83. The van der Waals surface area contributed by atoms with Crippen LogP contribution in [0.2, 0.25) is 0 Å². The van der Waals surface area contributed by atoms with Crippen LogP contribution in [-0.4, -0.2) is 14.7 Å². The van der Waals surface area contributed by atoms with E-state index in [1.54, 1.807) is 16.9 Å². The lowest BCUT2D eigenvalue weighted by molar-refractivity contribution is -0.383. The van der Waals surface area contributed by atoms with Gasteiger partial charge in [-0.2, -0.15) is 5.10 Å². The van der Waals surface area contributed by atoms with Gasteiger partial charge in [0.15, 0.2) is 0 Å². The van der Waals surface area contributed by atoms with E-state index in [1.807, 2.05) is 13.0 Å². The average molecular weight is 205 g/mol. The van der Waals surface area contributed by atoms with Crippen molar-refractivity contribution in [2.24, 2.45) is 0 Å². The molecular weight excluding hydrogens is 194 g/mol. The zero-order valence-electron chi connectivity index (χ0n) is 8.38. The van der Waals surface area contributed by atoms with E-state index in [4.69, 9.17) is 0 Å². The fourth-order valence-corrected chi connectivity index (χ4v) is 1.64. The number of rotatable bonds is 3. The van der Waals surface area contributed by atoms with Crippen LogP contribution in [0.15, 0.2) is 24.4 Å². The number of hydrogen-bond donors (Lipinski definition) is 0. The van der Waals surface area contributed by atoms with Crippen LogP contribution in [-0.2, 0) is 6.54 Å². The Morgan fingerprint density at radius 2 is 2.33 bits per heavy atom. The Kier molecular flexibility index (Phi) is 2.37. The van der Waals surface area contributed by atoms with Gasteiger partial charge in [-0.05, 0) is 12.5 Å². The third kappa shape index (κ3) is 1.56. The van der Waals surface area contributed by atoms with E-state index in [-0.39, 0.29) is 10.6 Å². The Bertz CT molecular complexity index is 504. The van der Waals surface area contributed by atoms with Gasteiger partial charge >= 0.3 is 0 Å². The minimum Gasteiger partial charge on any atom is -0.265 e. The maximum Gasteiger partial charge on any atom is 0.280 e. The van der Waals surface area contributed by atoms with Crippen LogP contribution in [0.5, 0.6) is 0 Å². The molecule has 1 aromatic heterocycles. The van der Waals surface area contributed by atoms with Gasteiger partial charge in [0.05, 0.1) is 22.0 Å². The van der Waals surface area contributed by atoms with Crippen LogP contribution in [0.25, 0.3) is 10.9 Å². The van der Waals surface area contributed by atoms with Crippen LogP contribution >= 0.6 is 0 Å². The highest BCUT2D eigenvalue weighted by Crippen LogP contribution is 2.24. The minimum atomic E-state index is -0.375. The lowest BCUT2D eigenvalue weighted by atomic mass is 10.2. The number of nitro benzene ring substituents is 1. The fourth-order valence-electron chi connectivity index (χ4n) is 1.64. The standard InChI is InChI=1S/C10H11N3O2/c1-2-6-12-9-4-3-5-10(13(14)15)8(9)7-11-12/h3-5,7H,2,6H2,1H3. The SMILES string of the molecule is CCCn1ncc2c([N+](=O)[O-])cccc21. The van der Waals surface area contributed by atoms with Crippen molar-refractivity contribution >= 4 is 16.6 Å². The van der Waals surface area contributed by atoms with Crippen LogP contribution in [0, 0.1) is 10.1 Å². The second kappa shape index (κ2) is 3.68. The van der Waals surface area contributed by atoms with Gasteiger partial charge in [-0.15, -0.1) is 0 Å². The van der Waals surface area contributed by atoms with Crippen LogP contribution in [0.1, 0.15) is 13.3 Å². The Morgan fingerprint density at radius 3 is 3.00 bits per heavy atom. The molecule has 0 fully saturated rings. The number of hydrogen-bond acceptors (Lipinski definition) is 3. The molecule has 0 aliphatic carbocycles. The van der Waals surface area contributed by atoms with Gasteiger partial charge in [0.2, 0.25) is 0 Å². The summed E-state index contributed by atoms with van der Waals surface area (Å²) in [6, 6.07) is 5.04. The molecule has 2 rings (SSSR count). The summed E-state index contributed by atoms with van der Waals surface area (Å²) >= 11 is 0. The quantitative estimate of drug-likeness (QED) is 0.570. The van der Waals surface area contributed by atoms with Crippen molar-refractivity contribution in [3.8, 4) is 0 Å². The Morgan fingerprint density at radius 1 is 1.53 bits per heavy atom. The molecule has 0 saturated carbocycles. The van der Waals surface area contributed by atoms with Crippen LogP contribution < -0.4 is 0 Å². The number of aromatic nitrogens is 2. The molecule has 5 nitrogen and oxygen atoms in total. The fraction of sp³-hybridized carbons (Fsp3) is 0.300. The Labute approximate surface area is 86.5 Å². The first-order valence-corrected chi connectivity index (χ1v) is 4.83. The van der Waals surface area contributed by atoms with Crippen molar-refractivity contribution in [2.75, 3.05) is 0 Å². The highest BCUT2D eigenvalue weighted by atomic mass is 16.6. The molecule has 0 atom stereocenters. The second-order valence-electron chi connectivity index (χ2n) is 3.33. The lowest BCUT2D eigenvalue weighted by Crippen LogP contribution is -1.98. The van der Waals surface area contributed by atoms with E-state index in [2.05, 4.69) is 5.10 Å². The van der Waals surface area contributed by atoms with E-state index in [0.29, 0.717) is 5.39 Å². The summed E-state index contributed by atoms with van der Waals surface area (Å²) in [7, 11) is 0. The van der Waals surface area contributed by atoms with Gasteiger partial charge < -0.3 is 0 Å². The number of nitro groups is 1. The van der Waals surface area contributed by atoms with Crippen molar-refractivity contribution < 1.29 is 4.92 Å². The molecule has 1 aromatic carbocycles. The molecule has 0 aliphatic heterocycles.